The first-order valence-corrected chi connectivity index (χ1v) is 32.9. The van der Waals surface area contributed by atoms with E-state index in [0.29, 0.717) is 52.1 Å². The van der Waals surface area contributed by atoms with Crippen molar-refractivity contribution < 1.29 is 28.4 Å². The van der Waals surface area contributed by atoms with Gasteiger partial charge in [0, 0.05) is 96.3 Å². The lowest BCUT2D eigenvalue weighted by Gasteiger charge is -2.37. The number of rotatable bonds is 20. The normalized spacial score (nSPS) is 20.6. The maximum Gasteiger partial charge on any atom is 0.350 e. The zero-order valence-electron chi connectivity index (χ0n) is 52.5. The molecule has 0 spiro atoms. The standard InChI is InChI=1S/C35H38Cl2N8O4.C33H37Cl2N5O4/c1-3-25(2)45-34(46)44(24-40-45)29-7-5-27(6-8-29)41-14-16-42(17-15-41)28-9-11-30(12-10-28)47-19-31-20-48-35(49-31,21-43-23-38-22-39-43)32-13-4-26(36)18-33(32)37;1-4-23(2)40-32(41)39(22-36-40)27-8-6-25(7-9-27)37-15-17-38(18-16-37)26-10-12-28(13-11-26)42-20-29-21-43-33(3,44-29)30-14-5-24(34)19-31(30)35/h4-13,18,22-25,31H,3,14-17,19-21H2,1-2H3;5-14,19,22-23,29H,4,15-18,20-21H2,1-3H3/t;23-,29-,33?/m.1/s1. The summed E-state index contributed by atoms with van der Waals surface area (Å²) in [6, 6.07) is 43.3. The van der Waals surface area contributed by atoms with Crippen molar-refractivity contribution >= 4 is 69.2 Å². The molecular formula is C68H75Cl4N13O8. The first-order valence-electron chi connectivity index (χ1n) is 31.4. The van der Waals surface area contributed by atoms with Crippen molar-refractivity contribution in [2.24, 2.45) is 0 Å². The monoisotopic (exact) mass is 1340 g/mol. The molecule has 9 aromatic rings. The van der Waals surface area contributed by atoms with Gasteiger partial charge in [-0.15, -0.1) is 0 Å². The van der Waals surface area contributed by atoms with Crippen LogP contribution in [0.25, 0.3) is 11.4 Å². The first kappa shape index (κ1) is 65.2. The molecule has 488 valence electrons. The van der Waals surface area contributed by atoms with Gasteiger partial charge in [0.05, 0.1) is 46.7 Å². The van der Waals surface area contributed by atoms with E-state index in [2.05, 4.69) is 88.4 Å². The third-order valence-corrected chi connectivity index (χ3v) is 18.7. The quantitative estimate of drug-likeness (QED) is 0.0703. The van der Waals surface area contributed by atoms with Crippen molar-refractivity contribution in [1.82, 2.24) is 43.5 Å². The molecular weight excluding hydrogens is 1270 g/mol. The Morgan fingerprint density at radius 2 is 0.903 bits per heavy atom. The SMILES string of the molecule is CCC(C)n1ncn(-c2ccc(N3CCN(c4ccc(OCC5COC(Cn6cncn6)(c6ccc(Cl)cc6Cl)O5)cc4)CC3)cc2)c1=O.CC[C@@H](C)n1ncn(-c2ccc(N3CCN(c4ccc(OC[C@@H]5COC(C)(c6ccc(Cl)cc6Cl)O5)cc4)CC3)cc2)c1=O. The molecule has 0 amide bonds. The Morgan fingerprint density at radius 1 is 0.505 bits per heavy atom. The zero-order valence-corrected chi connectivity index (χ0v) is 55.5. The van der Waals surface area contributed by atoms with E-state index in [1.54, 1.807) is 61.7 Å². The van der Waals surface area contributed by atoms with E-state index in [9.17, 15) is 9.59 Å². The number of ether oxygens (including phenoxy) is 6. The third-order valence-electron chi connectivity index (χ3n) is 17.6. The zero-order chi connectivity index (χ0) is 64.8. The summed E-state index contributed by atoms with van der Waals surface area (Å²) in [6.45, 7) is 18.8. The highest BCUT2D eigenvalue weighted by molar-refractivity contribution is 6.35. The van der Waals surface area contributed by atoms with Crippen LogP contribution in [-0.2, 0) is 37.1 Å². The number of anilines is 4. The molecule has 3 aromatic heterocycles. The van der Waals surface area contributed by atoms with Crippen molar-refractivity contribution in [2.75, 3.05) is 98.4 Å². The average Bonchev–Trinajstić information content (AvgIpc) is 1.71. The topological polar surface area (TPSA) is 179 Å². The highest BCUT2D eigenvalue weighted by Gasteiger charge is 2.46. The van der Waals surface area contributed by atoms with Crippen LogP contribution in [0.3, 0.4) is 0 Å². The Labute approximate surface area is 560 Å². The summed E-state index contributed by atoms with van der Waals surface area (Å²) in [7, 11) is 0. The molecule has 13 rings (SSSR count). The van der Waals surface area contributed by atoms with Crippen molar-refractivity contribution in [3.05, 3.63) is 211 Å². The summed E-state index contributed by atoms with van der Waals surface area (Å²) in [5.74, 6) is -0.574. The molecule has 6 aromatic carbocycles. The van der Waals surface area contributed by atoms with Gasteiger partial charge >= 0.3 is 11.4 Å². The maximum atomic E-state index is 12.8. The molecule has 0 aliphatic carbocycles. The van der Waals surface area contributed by atoms with Crippen LogP contribution in [0, 0.1) is 0 Å². The molecule has 4 aliphatic rings. The van der Waals surface area contributed by atoms with Gasteiger partial charge in [0.2, 0.25) is 5.79 Å². The molecule has 25 heteroatoms. The largest absolute Gasteiger partial charge is 0.491 e. The lowest BCUT2D eigenvalue weighted by Crippen LogP contribution is -2.46. The van der Waals surface area contributed by atoms with Crippen molar-refractivity contribution in [2.45, 2.75) is 89.9 Å². The fourth-order valence-electron chi connectivity index (χ4n) is 11.9. The van der Waals surface area contributed by atoms with Gasteiger partial charge < -0.3 is 48.0 Å². The van der Waals surface area contributed by atoms with Gasteiger partial charge in [0.1, 0.15) is 68.8 Å². The molecule has 4 fully saturated rings. The van der Waals surface area contributed by atoms with Gasteiger partial charge in [-0.05, 0) is 155 Å². The molecule has 0 radical (unpaired) electrons. The lowest BCUT2D eigenvalue weighted by molar-refractivity contribution is -0.190. The van der Waals surface area contributed by atoms with Gasteiger partial charge in [-0.25, -0.2) is 37.8 Å². The lowest BCUT2D eigenvalue weighted by atomic mass is 10.1. The van der Waals surface area contributed by atoms with E-state index in [4.69, 9.17) is 74.8 Å². The van der Waals surface area contributed by atoms with Gasteiger partial charge in [0.15, 0.2) is 5.79 Å². The molecule has 4 unspecified atom stereocenters. The summed E-state index contributed by atoms with van der Waals surface area (Å²) in [5, 5.41) is 14.9. The number of halogens is 4. The smallest absolute Gasteiger partial charge is 0.350 e. The number of piperazine rings is 2. The van der Waals surface area contributed by atoms with E-state index in [0.717, 1.165) is 116 Å². The summed E-state index contributed by atoms with van der Waals surface area (Å²) in [5.41, 5.74) is 7.40. The van der Waals surface area contributed by atoms with Crippen molar-refractivity contribution in [3.8, 4) is 22.9 Å². The van der Waals surface area contributed by atoms with Gasteiger partial charge in [-0.3, -0.25) is 0 Å². The Balaban J connectivity index is 0.000000180. The van der Waals surface area contributed by atoms with E-state index in [1.165, 1.54) is 11.0 Å². The summed E-state index contributed by atoms with van der Waals surface area (Å²) < 4.78 is 45.0. The van der Waals surface area contributed by atoms with Gasteiger partial charge in [-0.2, -0.15) is 15.3 Å². The molecule has 4 aliphatic heterocycles. The summed E-state index contributed by atoms with van der Waals surface area (Å²) >= 11 is 25.2. The summed E-state index contributed by atoms with van der Waals surface area (Å²) in [4.78, 5) is 39.1. The number of nitrogens with zero attached hydrogens (tertiary/aromatic N) is 13. The van der Waals surface area contributed by atoms with Crippen molar-refractivity contribution in [3.63, 3.8) is 0 Å². The minimum absolute atomic E-state index is 0.0645. The fourth-order valence-corrected chi connectivity index (χ4v) is 13.1. The Hall–Kier alpha value is -7.86. The van der Waals surface area contributed by atoms with Gasteiger partial charge in [-0.1, -0.05) is 72.4 Å². The van der Waals surface area contributed by atoms with Crippen LogP contribution < -0.4 is 40.5 Å². The van der Waals surface area contributed by atoms with Crippen LogP contribution in [0.5, 0.6) is 11.5 Å². The Morgan fingerprint density at radius 3 is 1.31 bits per heavy atom. The average molecular weight is 1340 g/mol. The van der Waals surface area contributed by atoms with Crippen LogP contribution >= 0.6 is 46.4 Å². The molecule has 4 saturated heterocycles. The van der Waals surface area contributed by atoms with Crippen LogP contribution in [0.1, 0.15) is 70.7 Å². The molecule has 21 nitrogen and oxygen atoms in total. The molecule has 0 saturated carbocycles. The molecule has 7 heterocycles. The molecule has 6 atom stereocenters. The van der Waals surface area contributed by atoms with Crippen molar-refractivity contribution in [1.29, 1.82) is 0 Å². The van der Waals surface area contributed by atoms with Crippen LogP contribution in [-0.4, -0.2) is 134 Å². The predicted molar refractivity (Wildman–Crippen MR) is 362 cm³/mol. The third kappa shape index (κ3) is 14.8. The first-order chi connectivity index (χ1) is 45.0. The van der Waals surface area contributed by atoms with Crippen LogP contribution in [0.4, 0.5) is 22.7 Å². The van der Waals surface area contributed by atoms with E-state index < -0.39 is 11.6 Å². The predicted octanol–water partition coefficient (Wildman–Crippen LogP) is 11.9. The Kier molecular flexibility index (Phi) is 20.2. The Bertz CT molecular complexity index is 4060. The number of hydrogen-bond acceptors (Lipinski definition) is 16. The van der Waals surface area contributed by atoms with E-state index >= 15 is 0 Å². The second-order valence-electron chi connectivity index (χ2n) is 23.7. The molecule has 0 N–H and O–H groups in total. The van der Waals surface area contributed by atoms with E-state index in [1.807, 2.05) is 95.3 Å². The highest BCUT2D eigenvalue weighted by atomic mass is 35.5. The molecule has 0 bridgehead atoms. The number of hydrogen-bond donors (Lipinski definition) is 0. The molecule has 93 heavy (non-hydrogen) atoms. The fraction of sp³-hybridized carbons (Fsp3) is 0.382. The summed E-state index contributed by atoms with van der Waals surface area (Å²) in [6.07, 6.45) is 7.42. The van der Waals surface area contributed by atoms with Crippen LogP contribution in [0.2, 0.25) is 20.1 Å². The minimum atomic E-state index is -1.16. The minimum Gasteiger partial charge on any atom is -0.491 e. The van der Waals surface area contributed by atoms with E-state index in [-0.39, 0.29) is 42.2 Å². The highest BCUT2D eigenvalue weighted by Crippen LogP contribution is 2.42. The maximum absolute atomic E-state index is 12.8. The van der Waals surface area contributed by atoms with Crippen LogP contribution in [0.15, 0.2) is 168 Å². The number of benzene rings is 6. The number of aromatic nitrogens is 9. The van der Waals surface area contributed by atoms with Gasteiger partial charge in [0.25, 0.3) is 0 Å². The second-order valence-corrected chi connectivity index (χ2v) is 25.4. The second kappa shape index (κ2) is 28.8.